The minimum absolute atomic E-state index is 0.238. The molecule has 3 rings (SSSR count). The maximum absolute atomic E-state index is 13.6. The number of rotatable bonds is 10. The van der Waals surface area contributed by atoms with Crippen molar-refractivity contribution in [3.63, 3.8) is 0 Å². The predicted molar refractivity (Wildman–Crippen MR) is 128 cm³/mol. The van der Waals surface area contributed by atoms with Gasteiger partial charge in [-0.3, -0.25) is 9.59 Å². The number of hydrogen-bond donors (Lipinski definition) is 1. The zero-order chi connectivity index (χ0) is 25.0. The molecule has 0 saturated carbocycles. The summed E-state index contributed by atoms with van der Waals surface area (Å²) in [4.78, 5) is 44.9. The topological polar surface area (TPSA) is 113 Å². The zero-order valence-corrected chi connectivity index (χ0v) is 20.5. The van der Waals surface area contributed by atoms with Crippen molar-refractivity contribution >= 4 is 34.6 Å². The number of anilines is 1. The van der Waals surface area contributed by atoms with Crippen LogP contribution in [0.4, 0.5) is 5.00 Å². The van der Waals surface area contributed by atoms with Crippen LogP contribution in [0, 0.1) is 6.92 Å². The van der Waals surface area contributed by atoms with Gasteiger partial charge in [-0.2, -0.15) is 0 Å². The van der Waals surface area contributed by atoms with Crippen molar-refractivity contribution in [2.45, 2.75) is 32.7 Å². The van der Waals surface area contributed by atoms with E-state index in [1.807, 2.05) is 24.3 Å². The summed E-state index contributed by atoms with van der Waals surface area (Å²) in [5, 5.41) is 10.0. The van der Waals surface area contributed by atoms with Gasteiger partial charge in [-0.1, -0.05) is 18.2 Å². The highest BCUT2D eigenvalue weighted by Crippen LogP contribution is 2.42. The Kier molecular flexibility index (Phi) is 7.41. The third-order valence-corrected chi connectivity index (χ3v) is 7.15. The number of carbonyl (C=O) groups excluding carboxylic acids is 2. The Morgan fingerprint density at radius 3 is 2.59 bits per heavy atom. The summed E-state index contributed by atoms with van der Waals surface area (Å²) in [5.41, 5.74) is 0.247. The van der Waals surface area contributed by atoms with Gasteiger partial charge in [0, 0.05) is 13.6 Å². The van der Waals surface area contributed by atoms with Gasteiger partial charge in [-0.15, -0.1) is 11.3 Å². The van der Waals surface area contributed by atoms with E-state index in [1.54, 1.807) is 14.0 Å². The predicted octanol–water partition coefficient (Wildman–Crippen LogP) is 3.86. The second kappa shape index (κ2) is 10.1. The molecular formula is C24H27N3O6S. The molecule has 2 amide bonds. The Hall–Kier alpha value is -3.66. The molecule has 9 nitrogen and oxygen atoms in total. The number of benzene rings is 1. The van der Waals surface area contributed by atoms with Gasteiger partial charge in [0.15, 0.2) is 0 Å². The standard InChI is InChI=1S/C24H27N3O6S/c1-15-18(21(29)26(4)24(2,3)23(30)31)22(34-19(15)20-25-11-13-33-20)27(14-28)12-10-16-8-6-7-9-17(16)32-5/h6-9,11,13-14H,10,12H2,1-5H3,(H,30,31). The molecule has 0 fully saturated rings. The first-order valence-corrected chi connectivity index (χ1v) is 11.3. The molecule has 180 valence electrons. The number of nitrogens with zero attached hydrogens (tertiary/aromatic N) is 3. The van der Waals surface area contributed by atoms with Gasteiger partial charge in [-0.25, -0.2) is 9.78 Å². The van der Waals surface area contributed by atoms with E-state index in [9.17, 15) is 19.5 Å². The van der Waals surface area contributed by atoms with Crippen LogP contribution in [-0.4, -0.2) is 59.5 Å². The normalized spacial score (nSPS) is 11.2. The fraction of sp³-hybridized carbons (Fsp3) is 0.333. The molecule has 3 aromatic rings. The third-order valence-electron chi connectivity index (χ3n) is 5.84. The van der Waals surface area contributed by atoms with Crippen molar-refractivity contribution in [1.82, 2.24) is 9.88 Å². The second-order valence-electron chi connectivity index (χ2n) is 8.16. The fourth-order valence-corrected chi connectivity index (χ4v) is 4.64. The molecule has 0 bridgehead atoms. The molecule has 0 spiro atoms. The van der Waals surface area contributed by atoms with Crippen LogP contribution < -0.4 is 9.64 Å². The summed E-state index contributed by atoms with van der Waals surface area (Å²) >= 11 is 1.20. The minimum Gasteiger partial charge on any atom is -0.496 e. The SMILES string of the molecule is COc1ccccc1CCN(C=O)c1sc(-c2ncco2)c(C)c1C(=O)N(C)C(C)(C)C(=O)O. The van der Waals surface area contributed by atoms with E-state index < -0.39 is 17.4 Å². The van der Waals surface area contributed by atoms with Gasteiger partial charge >= 0.3 is 5.97 Å². The Morgan fingerprint density at radius 1 is 1.29 bits per heavy atom. The average molecular weight is 486 g/mol. The first kappa shape index (κ1) is 25.0. The lowest BCUT2D eigenvalue weighted by Gasteiger charge is -2.32. The molecule has 0 saturated heterocycles. The maximum atomic E-state index is 13.6. The molecule has 1 aromatic carbocycles. The van der Waals surface area contributed by atoms with Gasteiger partial charge in [0.05, 0.1) is 23.7 Å². The molecule has 0 atom stereocenters. The smallest absolute Gasteiger partial charge is 0.329 e. The molecule has 34 heavy (non-hydrogen) atoms. The molecule has 0 aliphatic carbocycles. The number of para-hydroxylation sites is 1. The van der Waals surface area contributed by atoms with Crippen LogP contribution in [0.25, 0.3) is 10.8 Å². The lowest BCUT2D eigenvalue weighted by molar-refractivity contribution is -0.147. The van der Waals surface area contributed by atoms with Crippen LogP contribution in [0.3, 0.4) is 0 Å². The van der Waals surface area contributed by atoms with Crippen molar-refractivity contribution < 1.29 is 28.6 Å². The molecule has 2 heterocycles. The summed E-state index contributed by atoms with van der Waals surface area (Å²) in [6.07, 6.45) is 4.07. The number of thiophene rings is 1. The minimum atomic E-state index is -1.46. The molecule has 0 radical (unpaired) electrons. The number of hydrogen-bond acceptors (Lipinski definition) is 7. The van der Waals surface area contributed by atoms with E-state index in [1.165, 1.54) is 49.6 Å². The molecule has 0 unspecified atom stereocenters. The molecular weight excluding hydrogens is 458 g/mol. The van der Waals surface area contributed by atoms with Gasteiger partial charge in [0.25, 0.3) is 5.91 Å². The van der Waals surface area contributed by atoms with Crippen LogP contribution in [0.1, 0.15) is 35.3 Å². The number of oxazole rings is 1. The number of carboxylic acid groups (broad SMARTS) is 1. The maximum Gasteiger partial charge on any atom is 0.329 e. The van der Waals surface area contributed by atoms with Crippen molar-refractivity contribution in [3.8, 4) is 16.5 Å². The molecule has 0 aliphatic rings. The highest BCUT2D eigenvalue weighted by molar-refractivity contribution is 7.20. The van der Waals surface area contributed by atoms with Gasteiger partial charge < -0.3 is 24.1 Å². The number of aliphatic carboxylic acids is 1. The number of methoxy groups -OCH3 is 1. The Morgan fingerprint density at radius 2 is 2.00 bits per heavy atom. The number of ether oxygens (including phenoxy) is 1. The number of carboxylic acids is 1. The van der Waals surface area contributed by atoms with Crippen LogP contribution in [-0.2, 0) is 16.0 Å². The van der Waals surface area contributed by atoms with Gasteiger partial charge in [-0.05, 0) is 44.4 Å². The quantitative estimate of drug-likeness (QED) is 0.434. The monoisotopic (exact) mass is 485 g/mol. The van der Waals surface area contributed by atoms with E-state index in [0.29, 0.717) is 39.9 Å². The van der Waals surface area contributed by atoms with Gasteiger partial charge in [0.2, 0.25) is 12.3 Å². The van der Waals surface area contributed by atoms with E-state index in [-0.39, 0.29) is 12.1 Å². The highest BCUT2D eigenvalue weighted by Gasteiger charge is 2.38. The molecule has 2 aromatic heterocycles. The van der Waals surface area contributed by atoms with E-state index in [2.05, 4.69) is 4.98 Å². The van der Waals surface area contributed by atoms with Crippen molar-refractivity contribution in [2.24, 2.45) is 0 Å². The summed E-state index contributed by atoms with van der Waals surface area (Å²) in [6, 6.07) is 7.50. The lowest BCUT2D eigenvalue weighted by atomic mass is 10.0. The van der Waals surface area contributed by atoms with Crippen LogP contribution in [0.15, 0.2) is 41.1 Å². The number of aromatic nitrogens is 1. The number of likely N-dealkylation sites (N-methyl/N-ethyl adjacent to an activating group) is 1. The Labute approximate surface area is 201 Å². The van der Waals surface area contributed by atoms with Crippen molar-refractivity contribution in [3.05, 3.63) is 53.4 Å². The second-order valence-corrected chi connectivity index (χ2v) is 9.16. The van der Waals surface area contributed by atoms with E-state index >= 15 is 0 Å². The highest BCUT2D eigenvalue weighted by atomic mass is 32.1. The molecule has 0 aliphatic heterocycles. The summed E-state index contributed by atoms with van der Waals surface area (Å²) in [7, 11) is 3.01. The van der Waals surface area contributed by atoms with E-state index in [4.69, 9.17) is 9.15 Å². The van der Waals surface area contributed by atoms with Crippen LogP contribution in [0.5, 0.6) is 5.75 Å². The van der Waals surface area contributed by atoms with Crippen molar-refractivity contribution in [1.29, 1.82) is 0 Å². The van der Waals surface area contributed by atoms with Crippen LogP contribution >= 0.6 is 11.3 Å². The Bertz CT molecular complexity index is 1190. The lowest BCUT2D eigenvalue weighted by Crippen LogP contribution is -2.51. The summed E-state index contributed by atoms with van der Waals surface area (Å²) in [5.74, 6) is -0.638. The fourth-order valence-electron chi connectivity index (χ4n) is 3.41. The molecule has 1 N–H and O–H groups in total. The average Bonchev–Trinajstić information content (AvgIpc) is 3.46. The summed E-state index contributed by atoms with van der Waals surface area (Å²) in [6.45, 7) is 4.91. The molecule has 10 heteroatoms. The third kappa shape index (κ3) is 4.67. The largest absolute Gasteiger partial charge is 0.496 e. The number of amides is 2. The Balaban J connectivity index is 2.05. The van der Waals surface area contributed by atoms with Gasteiger partial charge in [0.1, 0.15) is 22.6 Å². The van der Waals surface area contributed by atoms with E-state index in [0.717, 1.165) is 10.5 Å². The van der Waals surface area contributed by atoms with Crippen LogP contribution in [0.2, 0.25) is 0 Å². The summed E-state index contributed by atoms with van der Waals surface area (Å²) < 4.78 is 10.8. The first-order valence-electron chi connectivity index (χ1n) is 10.5. The number of carbonyl (C=O) groups is 3. The van der Waals surface area contributed by atoms with Crippen molar-refractivity contribution in [2.75, 3.05) is 25.6 Å². The first-order chi connectivity index (χ1) is 16.1. The zero-order valence-electron chi connectivity index (χ0n) is 19.7.